The van der Waals surface area contributed by atoms with Crippen LogP contribution in [0.25, 0.3) is 77.6 Å². The van der Waals surface area contributed by atoms with Gasteiger partial charge in [0.25, 0.3) is 0 Å². The van der Waals surface area contributed by atoms with Crippen LogP contribution in [0.1, 0.15) is 47.2 Å². The second-order valence-corrected chi connectivity index (χ2v) is 21.9. The number of para-hydroxylation sites is 3. The fourth-order valence-corrected chi connectivity index (χ4v) is 14.1. The van der Waals surface area contributed by atoms with Crippen molar-refractivity contribution in [1.29, 1.82) is 0 Å². The lowest BCUT2D eigenvalue weighted by molar-refractivity contribution is 0.658. The molecule has 0 radical (unpaired) electrons. The molecule has 0 N–H and O–H groups in total. The van der Waals surface area contributed by atoms with Crippen molar-refractivity contribution in [2.24, 2.45) is 0 Å². The summed E-state index contributed by atoms with van der Waals surface area (Å²) in [5.74, 6) is 0. The van der Waals surface area contributed by atoms with E-state index in [9.17, 15) is 0 Å². The van der Waals surface area contributed by atoms with E-state index in [1.54, 1.807) is 0 Å². The highest BCUT2D eigenvalue weighted by Gasteiger charge is 2.55. The molecule has 0 bridgehead atoms. The molecule has 13 aromatic rings. The monoisotopic (exact) mass is 1010 g/mol. The largest absolute Gasteiger partial charge is 0.454 e. The van der Waals surface area contributed by atoms with Crippen LogP contribution in [0, 0.1) is 0 Å². The van der Waals surface area contributed by atoms with Gasteiger partial charge in [-0.2, -0.15) is 0 Å². The molecule has 79 heavy (non-hydrogen) atoms. The van der Waals surface area contributed by atoms with Crippen molar-refractivity contribution in [3.05, 3.63) is 312 Å². The first kappa shape index (κ1) is 45.3. The predicted molar refractivity (Wildman–Crippen MR) is 328 cm³/mol. The van der Waals surface area contributed by atoms with Crippen LogP contribution >= 0.6 is 0 Å². The average Bonchev–Trinajstić information content (AvgIpc) is 2.91. The number of hydrogen-bond acceptors (Lipinski definition) is 3. The van der Waals surface area contributed by atoms with E-state index in [2.05, 4.69) is 303 Å². The zero-order valence-corrected chi connectivity index (χ0v) is 43.9. The number of anilines is 6. The molecular formula is C76H52N2O. The first-order valence-corrected chi connectivity index (χ1v) is 27.5. The van der Waals surface area contributed by atoms with E-state index < -0.39 is 10.8 Å². The summed E-state index contributed by atoms with van der Waals surface area (Å²) in [5.41, 5.74) is 27.1. The summed E-state index contributed by atoms with van der Waals surface area (Å²) in [6.45, 7) is 4.87. The zero-order chi connectivity index (χ0) is 52.4. The first-order valence-electron chi connectivity index (χ1n) is 27.5. The Morgan fingerprint density at radius 2 is 0.785 bits per heavy atom. The third-order valence-electron chi connectivity index (χ3n) is 17.4. The summed E-state index contributed by atoms with van der Waals surface area (Å²) in [7, 11) is 0. The van der Waals surface area contributed by atoms with E-state index in [1.807, 2.05) is 0 Å². The summed E-state index contributed by atoms with van der Waals surface area (Å²) in [5, 5.41) is 2.16. The third-order valence-corrected chi connectivity index (χ3v) is 17.4. The fraction of sp³-hybridized carbons (Fsp3) is 0.0526. The van der Waals surface area contributed by atoms with Crippen molar-refractivity contribution in [1.82, 2.24) is 0 Å². The number of benzene rings is 12. The topological polar surface area (TPSA) is 19.6 Å². The molecule has 3 heteroatoms. The molecule has 372 valence electrons. The Hall–Kier alpha value is -9.96. The number of nitrogens with zero attached hydrogens (tertiary/aromatic N) is 2. The fourth-order valence-electron chi connectivity index (χ4n) is 14.1. The van der Waals surface area contributed by atoms with E-state index in [-0.39, 0.29) is 0 Å². The van der Waals surface area contributed by atoms with Crippen molar-refractivity contribution < 1.29 is 4.42 Å². The van der Waals surface area contributed by atoms with Crippen molar-refractivity contribution in [2.75, 3.05) is 9.80 Å². The van der Waals surface area contributed by atoms with E-state index in [0.29, 0.717) is 0 Å². The minimum Gasteiger partial charge on any atom is -0.454 e. The molecule has 3 nitrogen and oxygen atoms in total. The van der Waals surface area contributed by atoms with Gasteiger partial charge in [-0.3, -0.25) is 0 Å². The predicted octanol–water partition coefficient (Wildman–Crippen LogP) is 20.5. The molecule has 1 heterocycles. The quantitative estimate of drug-likeness (QED) is 0.151. The van der Waals surface area contributed by atoms with Gasteiger partial charge in [-0.05, 0) is 150 Å². The molecule has 3 aliphatic carbocycles. The number of furan rings is 1. The molecule has 0 saturated heterocycles. The normalized spacial score (nSPS) is 13.6. The van der Waals surface area contributed by atoms with Crippen LogP contribution in [0.4, 0.5) is 34.1 Å². The van der Waals surface area contributed by atoms with Gasteiger partial charge in [0.1, 0.15) is 5.58 Å². The van der Waals surface area contributed by atoms with E-state index >= 15 is 0 Å². The summed E-state index contributed by atoms with van der Waals surface area (Å²) in [4.78, 5) is 4.98. The summed E-state index contributed by atoms with van der Waals surface area (Å²) >= 11 is 0. The van der Waals surface area contributed by atoms with Gasteiger partial charge in [0.2, 0.25) is 0 Å². The van der Waals surface area contributed by atoms with Crippen molar-refractivity contribution in [2.45, 2.75) is 24.7 Å². The number of rotatable bonds is 8. The SMILES string of the molecule is CC1(C)c2ccccc2-c2c3c(cc(N(c4cc(-c5ccccc5)cc(N(c5ccccc5)c5ccc(-c6ccccc6)cc5)c4)c4cccc5c4oc4ccccc45)c21)C1(c2ccccc2-c2ccccc21)c1ccccc1-3. The molecule has 1 aromatic heterocycles. The zero-order valence-electron chi connectivity index (χ0n) is 43.9. The highest BCUT2D eigenvalue weighted by molar-refractivity contribution is 6.12. The van der Waals surface area contributed by atoms with Crippen LogP contribution in [0.15, 0.2) is 283 Å². The van der Waals surface area contributed by atoms with Crippen LogP contribution in [0.2, 0.25) is 0 Å². The van der Waals surface area contributed by atoms with Gasteiger partial charge >= 0.3 is 0 Å². The molecule has 16 rings (SSSR count). The molecule has 12 aromatic carbocycles. The summed E-state index contributed by atoms with van der Waals surface area (Å²) in [6, 6.07) is 103. The highest BCUT2D eigenvalue weighted by Crippen LogP contribution is 2.68. The minimum atomic E-state index is -0.603. The molecule has 0 fully saturated rings. The highest BCUT2D eigenvalue weighted by atomic mass is 16.3. The van der Waals surface area contributed by atoms with Gasteiger partial charge in [-0.15, -0.1) is 0 Å². The molecule has 0 amide bonds. The molecule has 1 spiro atoms. The standard InChI is InChI=1S/C76H52N2O/c1-75(2)63-35-17-14-32-61(63)72-71-62-33-15-20-38-66(62)76(64-36-18-12-29-57(64)58-30-13-19-37-65(58)76)67(71)48-69(73(72)75)78(68-39-22-34-60-59-31-16-21-40-70(59)79-74(60)68)56-46-52(50-25-8-4-9-26-50)45-55(47-56)77(53-27-10-5-11-28-53)54-43-41-51(42-44-54)49-23-6-3-7-24-49/h3-48H,1-2H3. The maximum Gasteiger partial charge on any atom is 0.159 e. The third kappa shape index (κ3) is 6.54. The van der Waals surface area contributed by atoms with Gasteiger partial charge in [-0.1, -0.05) is 232 Å². The van der Waals surface area contributed by atoms with E-state index in [1.165, 1.54) is 77.9 Å². The maximum absolute atomic E-state index is 7.20. The first-order chi connectivity index (χ1) is 39.0. The van der Waals surface area contributed by atoms with Crippen molar-refractivity contribution in [3.63, 3.8) is 0 Å². The molecule has 0 saturated carbocycles. The van der Waals surface area contributed by atoms with Gasteiger partial charge in [0.05, 0.1) is 16.8 Å². The van der Waals surface area contributed by atoms with Crippen molar-refractivity contribution >= 4 is 56.1 Å². The Bertz CT molecular complexity index is 4530. The number of hydrogen-bond donors (Lipinski definition) is 0. The molecule has 0 unspecified atom stereocenters. The van der Waals surface area contributed by atoms with Crippen LogP contribution in [0.3, 0.4) is 0 Å². The van der Waals surface area contributed by atoms with Crippen molar-refractivity contribution in [3.8, 4) is 55.6 Å². The Labute approximate surface area is 460 Å². The molecule has 0 aliphatic heterocycles. The Kier molecular flexibility index (Phi) is 9.90. The Morgan fingerprint density at radius 3 is 1.44 bits per heavy atom. The average molecular weight is 1010 g/mol. The van der Waals surface area contributed by atoms with Crippen LogP contribution < -0.4 is 9.80 Å². The lowest BCUT2D eigenvalue weighted by atomic mass is 9.69. The Morgan fingerprint density at radius 1 is 0.304 bits per heavy atom. The molecule has 3 aliphatic rings. The van der Waals surface area contributed by atoms with Crippen LogP contribution in [-0.4, -0.2) is 0 Å². The van der Waals surface area contributed by atoms with Crippen LogP contribution in [0.5, 0.6) is 0 Å². The summed E-state index contributed by atoms with van der Waals surface area (Å²) in [6.07, 6.45) is 0. The van der Waals surface area contributed by atoms with Gasteiger partial charge in [0.15, 0.2) is 5.58 Å². The van der Waals surface area contributed by atoms with Gasteiger partial charge in [0, 0.05) is 38.9 Å². The summed E-state index contributed by atoms with van der Waals surface area (Å²) < 4.78 is 7.20. The van der Waals surface area contributed by atoms with Gasteiger partial charge < -0.3 is 14.2 Å². The second-order valence-electron chi connectivity index (χ2n) is 21.9. The maximum atomic E-state index is 7.20. The van der Waals surface area contributed by atoms with Gasteiger partial charge in [-0.25, -0.2) is 0 Å². The van der Waals surface area contributed by atoms with E-state index in [4.69, 9.17) is 4.42 Å². The number of fused-ring (bicyclic) bond motifs is 17. The smallest absolute Gasteiger partial charge is 0.159 e. The van der Waals surface area contributed by atoms with E-state index in [0.717, 1.165) is 67.2 Å². The molecular weight excluding hydrogens is 957 g/mol. The Balaban J connectivity index is 1.05. The lowest BCUT2D eigenvalue weighted by Crippen LogP contribution is -2.27. The van der Waals surface area contributed by atoms with Crippen LogP contribution in [-0.2, 0) is 10.8 Å². The minimum absolute atomic E-state index is 0.428. The molecule has 0 atom stereocenters. The second kappa shape index (κ2) is 17.3. The lowest BCUT2D eigenvalue weighted by Gasteiger charge is -2.36.